The maximum Gasteiger partial charge on any atom is 0.123 e. The van der Waals surface area contributed by atoms with E-state index < -0.39 is 0 Å². The first kappa shape index (κ1) is 9.22. The Balaban J connectivity index is 1.83. The van der Waals surface area contributed by atoms with Gasteiger partial charge in [0.2, 0.25) is 0 Å². The van der Waals surface area contributed by atoms with Crippen molar-refractivity contribution in [1.82, 2.24) is 0 Å². The first-order valence-electron chi connectivity index (χ1n) is 4.81. The Bertz CT molecular complexity index is 324. The number of rotatable bonds is 3. The molecule has 0 N–H and O–H groups in total. The summed E-state index contributed by atoms with van der Waals surface area (Å²) in [6, 6.07) is 10.2. The average Bonchev–Trinajstić information content (AvgIpc) is 2.29. The van der Waals surface area contributed by atoms with E-state index in [0.717, 1.165) is 12.5 Å². The highest BCUT2D eigenvalue weighted by atomic mass is 16.5. The van der Waals surface area contributed by atoms with Crippen LogP contribution < -0.4 is 0 Å². The molecule has 1 radical (unpaired) electrons. The molecule has 0 spiro atoms. The maximum atomic E-state index is 5.65. The van der Waals surface area contributed by atoms with Gasteiger partial charge in [0.25, 0.3) is 0 Å². The summed E-state index contributed by atoms with van der Waals surface area (Å²) in [6.45, 7) is 0.661. The molecule has 1 nitrogen and oxygen atoms in total. The molecule has 1 aliphatic rings. The van der Waals surface area contributed by atoms with Gasteiger partial charge in [-0.1, -0.05) is 48.6 Å². The van der Waals surface area contributed by atoms with Gasteiger partial charge in [0.15, 0.2) is 0 Å². The molecule has 0 fully saturated rings. The van der Waals surface area contributed by atoms with E-state index in [1.54, 1.807) is 0 Å². The fourth-order valence-corrected chi connectivity index (χ4v) is 1.35. The summed E-state index contributed by atoms with van der Waals surface area (Å²) in [6.07, 6.45) is 10.1. The van der Waals surface area contributed by atoms with Gasteiger partial charge in [0.1, 0.15) is 6.10 Å². The fourth-order valence-electron chi connectivity index (χ4n) is 1.35. The van der Waals surface area contributed by atoms with E-state index in [4.69, 9.17) is 4.74 Å². The highest BCUT2D eigenvalue weighted by molar-refractivity contribution is 5.20. The molecule has 0 saturated heterocycles. The molecule has 1 aromatic rings. The quantitative estimate of drug-likeness (QED) is 0.702. The Kier molecular flexibility index (Phi) is 3.15. The third-order valence-corrected chi connectivity index (χ3v) is 2.12. The van der Waals surface area contributed by atoms with Gasteiger partial charge in [-0.25, -0.2) is 0 Å². The van der Waals surface area contributed by atoms with Gasteiger partial charge in [-0.05, 0) is 11.6 Å². The van der Waals surface area contributed by atoms with E-state index in [1.165, 1.54) is 5.56 Å². The van der Waals surface area contributed by atoms with Crippen LogP contribution in [0.15, 0.2) is 54.6 Å². The summed E-state index contributed by atoms with van der Waals surface area (Å²) in [5, 5.41) is 0. The van der Waals surface area contributed by atoms with Gasteiger partial charge in [-0.15, -0.1) is 0 Å². The lowest BCUT2D eigenvalue weighted by Crippen LogP contribution is -2.01. The molecule has 71 valence electrons. The van der Waals surface area contributed by atoms with Crippen molar-refractivity contribution in [2.24, 2.45) is 0 Å². The van der Waals surface area contributed by atoms with Crippen LogP contribution in [0.25, 0.3) is 0 Å². The van der Waals surface area contributed by atoms with Crippen LogP contribution in [0.3, 0.4) is 0 Å². The molecular formula is C13H13O. The van der Waals surface area contributed by atoms with E-state index in [0.29, 0.717) is 6.61 Å². The highest BCUT2D eigenvalue weighted by Gasteiger charge is 2.06. The zero-order chi connectivity index (χ0) is 9.64. The predicted octanol–water partition coefficient (Wildman–Crippen LogP) is 3.25. The summed E-state index contributed by atoms with van der Waals surface area (Å²) in [4.78, 5) is 0. The van der Waals surface area contributed by atoms with E-state index >= 15 is 0 Å². The van der Waals surface area contributed by atoms with Crippen molar-refractivity contribution in [3.8, 4) is 0 Å². The molecule has 0 unspecified atom stereocenters. The van der Waals surface area contributed by atoms with Crippen LogP contribution in [0.4, 0.5) is 0 Å². The smallest absolute Gasteiger partial charge is 0.123 e. The van der Waals surface area contributed by atoms with Gasteiger partial charge in [0.05, 0.1) is 6.61 Å². The molecule has 1 aromatic carbocycles. The van der Waals surface area contributed by atoms with Gasteiger partial charge >= 0.3 is 0 Å². The van der Waals surface area contributed by atoms with Crippen LogP contribution in [-0.2, 0) is 11.3 Å². The van der Waals surface area contributed by atoms with E-state index in [9.17, 15) is 0 Å². The second-order valence-corrected chi connectivity index (χ2v) is 3.23. The summed E-state index contributed by atoms with van der Waals surface area (Å²) >= 11 is 0. The van der Waals surface area contributed by atoms with E-state index in [1.807, 2.05) is 36.4 Å². The summed E-state index contributed by atoms with van der Waals surface area (Å²) in [5.74, 6) is 0. The number of allylic oxidation sites excluding steroid dienone is 2. The monoisotopic (exact) mass is 185 g/mol. The van der Waals surface area contributed by atoms with Crippen molar-refractivity contribution in [2.45, 2.75) is 13.0 Å². The lowest BCUT2D eigenvalue weighted by Gasteiger charge is -2.12. The first-order valence-corrected chi connectivity index (χ1v) is 4.81. The number of benzene rings is 1. The molecule has 1 heteroatoms. The molecule has 1 aliphatic carbocycles. The zero-order valence-corrected chi connectivity index (χ0v) is 8.02. The van der Waals surface area contributed by atoms with E-state index in [-0.39, 0.29) is 0 Å². The standard InChI is InChI=1S/C13H13O/c1-3-7-12(8-4-1)11-14-13-9-5-2-6-10-13/h1-9H,10-11H2. The third kappa shape index (κ3) is 2.57. The third-order valence-electron chi connectivity index (χ3n) is 2.12. The van der Waals surface area contributed by atoms with Crippen molar-refractivity contribution < 1.29 is 4.74 Å². The molecule has 0 heterocycles. The first-order chi connectivity index (χ1) is 6.95. The molecule has 0 aromatic heterocycles. The highest BCUT2D eigenvalue weighted by Crippen LogP contribution is 2.17. The Labute approximate surface area is 84.7 Å². The van der Waals surface area contributed by atoms with Gasteiger partial charge in [0, 0.05) is 6.42 Å². The van der Waals surface area contributed by atoms with Crippen molar-refractivity contribution in [2.75, 3.05) is 0 Å². The minimum atomic E-state index is 0.661. The Morgan fingerprint density at radius 1 is 1.07 bits per heavy atom. The normalized spacial score (nSPS) is 16.0. The SMILES string of the molecule is C1=CC[C](OCc2ccccc2)C=C1. The molecule has 0 bridgehead atoms. The molecular weight excluding hydrogens is 172 g/mol. The minimum absolute atomic E-state index is 0.661. The fraction of sp³-hybridized carbons (Fsp3) is 0.154. The topological polar surface area (TPSA) is 9.23 Å². The van der Waals surface area contributed by atoms with Crippen molar-refractivity contribution in [3.63, 3.8) is 0 Å². The molecule has 0 aliphatic heterocycles. The molecule has 2 rings (SSSR count). The van der Waals surface area contributed by atoms with Crippen molar-refractivity contribution >= 4 is 0 Å². The molecule has 14 heavy (non-hydrogen) atoms. The summed E-state index contributed by atoms with van der Waals surface area (Å²) < 4.78 is 5.65. The van der Waals surface area contributed by atoms with Crippen LogP contribution in [0, 0.1) is 6.10 Å². The van der Waals surface area contributed by atoms with Gasteiger partial charge in [-0.2, -0.15) is 0 Å². The van der Waals surface area contributed by atoms with Crippen LogP contribution in [0.2, 0.25) is 0 Å². The van der Waals surface area contributed by atoms with Crippen molar-refractivity contribution in [3.05, 3.63) is 66.3 Å². The Morgan fingerprint density at radius 3 is 2.64 bits per heavy atom. The van der Waals surface area contributed by atoms with E-state index in [2.05, 4.69) is 18.2 Å². The zero-order valence-electron chi connectivity index (χ0n) is 8.02. The van der Waals surface area contributed by atoms with Gasteiger partial charge in [-0.3, -0.25) is 0 Å². The molecule has 0 saturated carbocycles. The summed E-state index contributed by atoms with van der Waals surface area (Å²) in [7, 11) is 0. The van der Waals surface area contributed by atoms with Crippen LogP contribution >= 0.6 is 0 Å². The molecule has 0 atom stereocenters. The second-order valence-electron chi connectivity index (χ2n) is 3.23. The number of hydrogen-bond donors (Lipinski definition) is 0. The number of hydrogen-bond acceptors (Lipinski definition) is 1. The Morgan fingerprint density at radius 2 is 1.93 bits per heavy atom. The maximum absolute atomic E-state index is 5.65. The van der Waals surface area contributed by atoms with Gasteiger partial charge < -0.3 is 4.74 Å². The van der Waals surface area contributed by atoms with Crippen molar-refractivity contribution in [1.29, 1.82) is 0 Å². The summed E-state index contributed by atoms with van der Waals surface area (Å²) in [5.41, 5.74) is 1.21. The van der Waals surface area contributed by atoms with Crippen LogP contribution in [0.5, 0.6) is 0 Å². The van der Waals surface area contributed by atoms with Crippen LogP contribution in [-0.4, -0.2) is 0 Å². The molecule has 0 amide bonds. The Hall–Kier alpha value is -1.34. The average molecular weight is 185 g/mol. The largest absolute Gasteiger partial charge is 0.363 e. The van der Waals surface area contributed by atoms with Crippen LogP contribution in [0.1, 0.15) is 12.0 Å². The minimum Gasteiger partial charge on any atom is -0.363 e. The predicted molar refractivity (Wildman–Crippen MR) is 57.4 cm³/mol. The lowest BCUT2D eigenvalue weighted by atomic mass is 10.1. The second kappa shape index (κ2) is 4.77. The lowest BCUT2D eigenvalue weighted by molar-refractivity contribution is 0.148. The number of ether oxygens (including phenoxy) is 1.